The number of ether oxygens (including phenoxy) is 1. The Balaban J connectivity index is 1.98. The summed E-state index contributed by atoms with van der Waals surface area (Å²) < 4.78 is 4.98. The van der Waals surface area contributed by atoms with E-state index >= 15 is 0 Å². The van der Waals surface area contributed by atoms with Gasteiger partial charge in [0.2, 0.25) is 0 Å². The van der Waals surface area contributed by atoms with Crippen molar-refractivity contribution < 1.29 is 14.6 Å². The van der Waals surface area contributed by atoms with E-state index in [1.165, 1.54) is 7.11 Å². The van der Waals surface area contributed by atoms with Crippen LogP contribution in [0.1, 0.15) is 21.5 Å². The molecule has 0 radical (unpaired) electrons. The lowest BCUT2D eigenvalue weighted by molar-refractivity contribution is 0.0600. The van der Waals surface area contributed by atoms with Gasteiger partial charge < -0.3 is 9.84 Å². The summed E-state index contributed by atoms with van der Waals surface area (Å²) in [5.74, 6) is -0.141. The first kappa shape index (κ1) is 16.2. The van der Waals surface area contributed by atoms with Gasteiger partial charge in [-0.25, -0.2) is 4.79 Å². The zero-order valence-electron chi connectivity index (χ0n) is 14.4. The number of fused-ring (bicyclic) bond motifs is 2. The highest BCUT2D eigenvalue weighted by Gasteiger charge is 2.17. The molecule has 0 bridgehead atoms. The number of phenolic OH excluding ortho intramolecular Hbond substituents is 1. The average molecular weight is 342 g/mol. The number of hydrogen-bond donors (Lipinski definition) is 1. The van der Waals surface area contributed by atoms with Crippen molar-refractivity contribution in [3.05, 3.63) is 89.5 Å². The van der Waals surface area contributed by atoms with Gasteiger partial charge in [-0.05, 0) is 39.2 Å². The van der Waals surface area contributed by atoms with Gasteiger partial charge in [-0.15, -0.1) is 0 Å². The van der Waals surface area contributed by atoms with E-state index < -0.39 is 0 Å². The third-order valence-corrected chi connectivity index (χ3v) is 4.82. The second-order valence-electron chi connectivity index (χ2n) is 6.27. The molecule has 0 unspecified atom stereocenters. The molecule has 1 N–H and O–H groups in total. The van der Waals surface area contributed by atoms with Crippen LogP contribution in [0.2, 0.25) is 0 Å². The van der Waals surface area contributed by atoms with Crippen LogP contribution in [0, 0.1) is 0 Å². The Hall–Kier alpha value is -3.33. The number of hydrogen-bond acceptors (Lipinski definition) is 3. The standard InChI is InChI=1S/C23H18O3/c1-26-23(25)19-12-10-15-6-2-4-8-17(15)20(19)14-21-18-9-5-3-7-16(18)11-13-22(21)24/h2-13,24H,14H2,1H3. The Kier molecular flexibility index (Phi) is 4.05. The Morgan fingerprint density at radius 2 is 1.38 bits per heavy atom. The fourth-order valence-corrected chi connectivity index (χ4v) is 3.51. The quantitative estimate of drug-likeness (QED) is 0.528. The molecular weight excluding hydrogens is 324 g/mol. The maximum Gasteiger partial charge on any atom is 0.338 e. The van der Waals surface area contributed by atoms with E-state index in [0.717, 1.165) is 32.7 Å². The van der Waals surface area contributed by atoms with E-state index in [4.69, 9.17) is 4.74 Å². The van der Waals surface area contributed by atoms with Crippen molar-refractivity contribution in [2.75, 3.05) is 7.11 Å². The van der Waals surface area contributed by atoms with Crippen LogP contribution in [0.3, 0.4) is 0 Å². The number of benzene rings is 4. The molecule has 0 amide bonds. The maximum absolute atomic E-state index is 12.3. The van der Waals surface area contributed by atoms with Gasteiger partial charge in [0, 0.05) is 12.0 Å². The van der Waals surface area contributed by atoms with Gasteiger partial charge in [0.15, 0.2) is 0 Å². The van der Waals surface area contributed by atoms with Gasteiger partial charge in [-0.2, -0.15) is 0 Å². The summed E-state index contributed by atoms with van der Waals surface area (Å²) in [7, 11) is 1.39. The predicted octanol–water partition coefficient (Wildman–Crippen LogP) is 5.08. The number of rotatable bonds is 3. The summed E-state index contributed by atoms with van der Waals surface area (Å²) in [5, 5.41) is 14.6. The van der Waals surface area contributed by atoms with Crippen molar-refractivity contribution in [3.8, 4) is 5.75 Å². The van der Waals surface area contributed by atoms with Gasteiger partial charge in [-0.1, -0.05) is 60.7 Å². The molecular formula is C23H18O3. The van der Waals surface area contributed by atoms with Gasteiger partial charge in [0.05, 0.1) is 12.7 Å². The first-order valence-electron chi connectivity index (χ1n) is 8.47. The van der Waals surface area contributed by atoms with Crippen LogP contribution < -0.4 is 0 Å². The Bertz CT molecular complexity index is 1130. The summed E-state index contributed by atoms with van der Waals surface area (Å²) in [6, 6.07) is 23.2. The molecule has 4 aromatic rings. The van der Waals surface area contributed by atoms with Crippen LogP contribution in [0.15, 0.2) is 72.8 Å². The Morgan fingerprint density at radius 1 is 0.808 bits per heavy atom. The topological polar surface area (TPSA) is 46.5 Å². The largest absolute Gasteiger partial charge is 0.508 e. The molecule has 0 aliphatic rings. The number of aromatic hydroxyl groups is 1. The summed E-state index contributed by atoms with van der Waals surface area (Å²) in [4.78, 5) is 12.3. The number of esters is 1. The van der Waals surface area contributed by atoms with Gasteiger partial charge in [-0.3, -0.25) is 0 Å². The van der Waals surface area contributed by atoms with Crippen molar-refractivity contribution >= 4 is 27.5 Å². The minimum absolute atomic E-state index is 0.229. The smallest absolute Gasteiger partial charge is 0.338 e. The molecule has 4 rings (SSSR count). The average Bonchev–Trinajstić information content (AvgIpc) is 2.69. The first-order valence-corrected chi connectivity index (χ1v) is 8.47. The van der Waals surface area contributed by atoms with Crippen molar-refractivity contribution in [1.29, 1.82) is 0 Å². The van der Waals surface area contributed by atoms with Crippen molar-refractivity contribution in [2.45, 2.75) is 6.42 Å². The Morgan fingerprint density at radius 3 is 2.04 bits per heavy atom. The molecule has 0 spiro atoms. The van der Waals surface area contributed by atoms with Gasteiger partial charge in [0.1, 0.15) is 5.75 Å². The third kappa shape index (κ3) is 2.68. The lowest BCUT2D eigenvalue weighted by Gasteiger charge is -2.14. The second kappa shape index (κ2) is 6.52. The van der Waals surface area contributed by atoms with Crippen LogP contribution >= 0.6 is 0 Å². The highest BCUT2D eigenvalue weighted by molar-refractivity contribution is 5.99. The minimum Gasteiger partial charge on any atom is -0.508 e. The van der Waals surface area contributed by atoms with Gasteiger partial charge >= 0.3 is 5.97 Å². The highest BCUT2D eigenvalue weighted by Crippen LogP contribution is 2.33. The molecule has 0 aliphatic heterocycles. The molecule has 0 saturated heterocycles. The van der Waals surface area contributed by atoms with Crippen molar-refractivity contribution in [2.24, 2.45) is 0 Å². The second-order valence-corrected chi connectivity index (χ2v) is 6.27. The van der Waals surface area contributed by atoms with E-state index in [2.05, 4.69) is 0 Å². The predicted molar refractivity (Wildman–Crippen MR) is 104 cm³/mol. The van der Waals surface area contributed by atoms with E-state index in [9.17, 15) is 9.90 Å². The van der Waals surface area contributed by atoms with Crippen LogP contribution in [-0.2, 0) is 11.2 Å². The maximum atomic E-state index is 12.3. The third-order valence-electron chi connectivity index (χ3n) is 4.82. The summed E-state index contributed by atoms with van der Waals surface area (Å²) >= 11 is 0. The number of carbonyl (C=O) groups is 1. The summed E-state index contributed by atoms with van der Waals surface area (Å²) in [5.41, 5.74) is 2.20. The zero-order chi connectivity index (χ0) is 18.1. The molecule has 0 aliphatic carbocycles. The fraction of sp³-hybridized carbons (Fsp3) is 0.0870. The molecule has 3 heteroatoms. The van der Waals surface area contributed by atoms with E-state index in [1.807, 2.05) is 60.7 Å². The van der Waals surface area contributed by atoms with Crippen LogP contribution in [0.5, 0.6) is 5.75 Å². The van der Waals surface area contributed by atoms with Crippen LogP contribution in [0.4, 0.5) is 0 Å². The zero-order valence-corrected chi connectivity index (χ0v) is 14.4. The molecule has 3 nitrogen and oxygen atoms in total. The number of phenols is 1. The van der Waals surface area contributed by atoms with Crippen molar-refractivity contribution in [1.82, 2.24) is 0 Å². The molecule has 0 heterocycles. The molecule has 0 aromatic heterocycles. The first-order chi connectivity index (χ1) is 12.7. The van der Waals surface area contributed by atoms with E-state index in [0.29, 0.717) is 12.0 Å². The van der Waals surface area contributed by atoms with Crippen LogP contribution in [0.25, 0.3) is 21.5 Å². The minimum atomic E-state index is -0.370. The lowest BCUT2D eigenvalue weighted by Crippen LogP contribution is -2.07. The fourth-order valence-electron chi connectivity index (χ4n) is 3.51. The highest BCUT2D eigenvalue weighted by atomic mass is 16.5. The van der Waals surface area contributed by atoms with E-state index in [-0.39, 0.29) is 11.7 Å². The molecule has 128 valence electrons. The molecule has 4 aromatic carbocycles. The van der Waals surface area contributed by atoms with Crippen molar-refractivity contribution in [3.63, 3.8) is 0 Å². The summed E-state index contributed by atoms with van der Waals surface area (Å²) in [6.45, 7) is 0. The molecule has 0 atom stereocenters. The normalized spacial score (nSPS) is 11.0. The van der Waals surface area contributed by atoms with E-state index in [1.54, 1.807) is 12.1 Å². The Labute approximate surface area is 151 Å². The number of methoxy groups -OCH3 is 1. The van der Waals surface area contributed by atoms with Crippen LogP contribution in [-0.4, -0.2) is 18.2 Å². The molecule has 0 saturated carbocycles. The number of carbonyl (C=O) groups excluding carboxylic acids is 1. The lowest BCUT2D eigenvalue weighted by atomic mass is 9.91. The van der Waals surface area contributed by atoms with Gasteiger partial charge in [0.25, 0.3) is 0 Å². The summed E-state index contributed by atoms with van der Waals surface area (Å²) in [6.07, 6.45) is 0.443. The molecule has 0 fully saturated rings. The SMILES string of the molecule is COC(=O)c1ccc2ccccc2c1Cc1c(O)ccc2ccccc12. The monoisotopic (exact) mass is 342 g/mol. The molecule has 26 heavy (non-hydrogen) atoms.